The maximum atomic E-state index is 12.4. The van der Waals surface area contributed by atoms with Gasteiger partial charge in [-0.05, 0) is 25.0 Å². The Kier molecular flexibility index (Phi) is 4.31. The maximum Gasteiger partial charge on any atom is 0.228 e. The molecule has 1 aliphatic rings. The zero-order valence-corrected chi connectivity index (χ0v) is 17.9. The molecule has 4 heterocycles. The number of aromatic nitrogens is 6. The van der Waals surface area contributed by atoms with Gasteiger partial charge in [-0.2, -0.15) is 15.1 Å². The van der Waals surface area contributed by atoms with Gasteiger partial charge in [-0.25, -0.2) is 9.50 Å². The Morgan fingerprint density at radius 1 is 1.32 bits per heavy atom. The zero-order valence-electron chi connectivity index (χ0n) is 17.9. The molecule has 4 aromatic rings. The number of hydrogen-bond acceptors (Lipinski definition) is 7. The number of pyridine rings is 1. The molecule has 31 heavy (non-hydrogen) atoms. The van der Waals surface area contributed by atoms with Crippen LogP contribution in [0.25, 0.3) is 27.8 Å². The molecule has 5 rings (SSSR count). The zero-order chi connectivity index (χ0) is 21.8. The molecule has 0 spiro atoms. The summed E-state index contributed by atoms with van der Waals surface area (Å²) in [5.74, 6) is 1.11. The van der Waals surface area contributed by atoms with E-state index in [-0.39, 0.29) is 17.4 Å². The molecule has 0 saturated heterocycles. The number of carbonyl (C=O) groups is 1. The number of carbonyl (C=O) groups excluding carboxylic acids is 1. The van der Waals surface area contributed by atoms with Crippen LogP contribution in [0.5, 0.6) is 5.88 Å². The molecule has 10 heteroatoms. The van der Waals surface area contributed by atoms with Gasteiger partial charge in [0.25, 0.3) is 0 Å². The predicted octanol–water partition coefficient (Wildman–Crippen LogP) is 2.34. The Hall–Kier alpha value is -3.69. The lowest BCUT2D eigenvalue weighted by Crippen LogP contribution is -2.52. The fourth-order valence-electron chi connectivity index (χ4n) is 4.44. The van der Waals surface area contributed by atoms with Crippen LogP contribution in [0.1, 0.15) is 19.8 Å². The molecule has 0 unspecified atom stereocenters. The van der Waals surface area contributed by atoms with Crippen molar-refractivity contribution in [2.75, 3.05) is 26.5 Å². The second kappa shape index (κ2) is 6.93. The SMILES string of the molecule is COc1nc(N[C@H]2C[C@](C)(C(=O)N(C)C)C2)nc2[nH]cc(-c3ccc4ncnn4c3)c12. The van der Waals surface area contributed by atoms with Crippen molar-refractivity contribution in [3.8, 4) is 17.0 Å². The Morgan fingerprint density at radius 3 is 2.87 bits per heavy atom. The number of anilines is 1. The molecule has 160 valence electrons. The summed E-state index contributed by atoms with van der Waals surface area (Å²) in [5, 5.41) is 8.35. The lowest BCUT2D eigenvalue weighted by atomic mass is 9.66. The Morgan fingerprint density at radius 2 is 2.13 bits per heavy atom. The largest absolute Gasteiger partial charge is 0.480 e. The summed E-state index contributed by atoms with van der Waals surface area (Å²) in [5.41, 5.74) is 2.98. The van der Waals surface area contributed by atoms with Crippen LogP contribution in [0.15, 0.2) is 30.9 Å². The second-order valence-corrected chi connectivity index (χ2v) is 8.47. The van der Waals surface area contributed by atoms with Crippen molar-refractivity contribution in [3.05, 3.63) is 30.9 Å². The molecule has 0 bridgehead atoms. The molecule has 1 amide bonds. The van der Waals surface area contributed by atoms with E-state index in [4.69, 9.17) is 4.74 Å². The van der Waals surface area contributed by atoms with Crippen LogP contribution in [0.3, 0.4) is 0 Å². The summed E-state index contributed by atoms with van der Waals surface area (Å²) < 4.78 is 7.32. The van der Waals surface area contributed by atoms with Gasteiger partial charge in [0.05, 0.1) is 17.9 Å². The first kappa shape index (κ1) is 19.3. The van der Waals surface area contributed by atoms with Crippen molar-refractivity contribution in [1.29, 1.82) is 0 Å². The van der Waals surface area contributed by atoms with E-state index in [0.29, 0.717) is 17.5 Å². The number of fused-ring (bicyclic) bond motifs is 2. The van der Waals surface area contributed by atoms with Crippen LogP contribution in [0.2, 0.25) is 0 Å². The molecule has 1 aliphatic carbocycles. The molecule has 0 aliphatic heterocycles. The number of amides is 1. The fourth-order valence-corrected chi connectivity index (χ4v) is 4.44. The number of nitrogens with zero attached hydrogens (tertiary/aromatic N) is 6. The number of methoxy groups -OCH3 is 1. The molecule has 0 radical (unpaired) electrons. The average Bonchev–Trinajstić information content (AvgIpc) is 3.37. The summed E-state index contributed by atoms with van der Waals surface area (Å²) in [6, 6.07) is 4.03. The standard InChI is InChI=1S/C21H24N8O2/c1-21(19(30)28(2)3)7-13(8-21)25-20-26-17-16(18(27-20)31-4)14(9-22-17)12-5-6-15-23-11-24-29(15)10-12/h5-6,9-11,13H,7-8H2,1-4H3,(H2,22,25,26,27)/t13-,21-. The highest BCUT2D eigenvalue weighted by molar-refractivity contribution is 5.97. The normalized spacial score (nSPS) is 20.6. The number of aromatic amines is 1. The lowest BCUT2D eigenvalue weighted by molar-refractivity contribution is -0.143. The van der Waals surface area contributed by atoms with Crippen molar-refractivity contribution < 1.29 is 9.53 Å². The van der Waals surface area contributed by atoms with Crippen molar-refractivity contribution in [2.24, 2.45) is 5.41 Å². The third-order valence-corrected chi connectivity index (χ3v) is 5.93. The highest BCUT2D eigenvalue weighted by Crippen LogP contribution is 2.43. The van der Waals surface area contributed by atoms with E-state index in [1.54, 1.807) is 30.6 Å². The molecular formula is C21H24N8O2. The van der Waals surface area contributed by atoms with Crippen LogP contribution < -0.4 is 10.1 Å². The molecule has 2 N–H and O–H groups in total. The van der Waals surface area contributed by atoms with Crippen LogP contribution in [0.4, 0.5) is 5.95 Å². The average molecular weight is 420 g/mol. The minimum Gasteiger partial charge on any atom is -0.480 e. The topological polar surface area (TPSA) is 113 Å². The van der Waals surface area contributed by atoms with Crippen LogP contribution in [-0.2, 0) is 4.79 Å². The number of ether oxygens (including phenoxy) is 1. The van der Waals surface area contributed by atoms with Crippen molar-refractivity contribution in [1.82, 2.24) is 34.4 Å². The summed E-state index contributed by atoms with van der Waals surface area (Å²) >= 11 is 0. The summed E-state index contributed by atoms with van der Waals surface area (Å²) in [4.78, 5) is 30.6. The van der Waals surface area contributed by atoms with E-state index in [9.17, 15) is 4.79 Å². The molecule has 0 atom stereocenters. The molecule has 4 aromatic heterocycles. The summed E-state index contributed by atoms with van der Waals surface area (Å²) in [7, 11) is 5.18. The molecule has 10 nitrogen and oxygen atoms in total. The van der Waals surface area contributed by atoms with E-state index >= 15 is 0 Å². The fraction of sp³-hybridized carbons (Fsp3) is 0.381. The Labute approximate surface area is 178 Å². The molecule has 1 saturated carbocycles. The van der Waals surface area contributed by atoms with Gasteiger partial charge in [0, 0.05) is 43.7 Å². The predicted molar refractivity (Wildman–Crippen MR) is 116 cm³/mol. The number of H-pyrrole nitrogens is 1. The Balaban J connectivity index is 1.43. The first-order valence-corrected chi connectivity index (χ1v) is 10.1. The Bertz CT molecular complexity index is 1290. The number of nitrogens with one attached hydrogen (secondary N) is 2. The highest BCUT2D eigenvalue weighted by Gasteiger charge is 2.47. The van der Waals surface area contributed by atoms with Crippen LogP contribution >= 0.6 is 0 Å². The number of rotatable bonds is 5. The minimum atomic E-state index is -0.338. The third-order valence-electron chi connectivity index (χ3n) is 5.93. The smallest absolute Gasteiger partial charge is 0.228 e. The first-order chi connectivity index (χ1) is 14.9. The molecular weight excluding hydrogens is 396 g/mol. The summed E-state index contributed by atoms with van der Waals surface area (Å²) in [6.45, 7) is 2.00. The monoisotopic (exact) mass is 420 g/mol. The van der Waals surface area contributed by atoms with Gasteiger partial charge in [0.2, 0.25) is 17.7 Å². The molecule has 0 aromatic carbocycles. The van der Waals surface area contributed by atoms with Gasteiger partial charge >= 0.3 is 0 Å². The van der Waals surface area contributed by atoms with Crippen LogP contribution in [0, 0.1) is 5.41 Å². The van der Waals surface area contributed by atoms with E-state index < -0.39 is 0 Å². The number of hydrogen-bond donors (Lipinski definition) is 2. The first-order valence-electron chi connectivity index (χ1n) is 10.1. The van der Waals surface area contributed by atoms with E-state index in [1.807, 2.05) is 31.5 Å². The lowest BCUT2D eigenvalue weighted by Gasteiger charge is -2.45. The quantitative estimate of drug-likeness (QED) is 0.509. The van der Waals surface area contributed by atoms with E-state index in [1.165, 1.54) is 6.33 Å². The van der Waals surface area contributed by atoms with Gasteiger partial charge in [0.1, 0.15) is 12.0 Å². The van der Waals surface area contributed by atoms with Gasteiger partial charge < -0.3 is 19.9 Å². The van der Waals surface area contributed by atoms with Crippen LogP contribution in [-0.4, -0.2) is 67.6 Å². The van der Waals surface area contributed by atoms with Gasteiger partial charge in [-0.15, -0.1) is 0 Å². The maximum absolute atomic E-state index is 12.4. The van der Waals surface area contributed by atoms with Gasteiger partial charge in [-0.3, -0.25) is 4.79 Å². The molecule has 1 fully saturated rings. The van der Waals surface area contributed by atoms with Gasteiger partial charge in [0.15, 0.2) is 5.65 Å². The van der Waals surface area contributed by atoms with Crippen molar-refractivity contribution in [2.45, 2.75) is 25.8 Å². The summed E-state index contributed by atoms with van der Waals surface area (Å²) in [6.07, 6.45) is 6.80. The van der Waals surface area contributed by atoms with E-state index in [0.717, 1.165) is 35.0 Å². The van der Waals surface area contributed by atoms with E-state index in [2.05, 4.69) is 30.4 Å². The van der Waals surface area contributed by atoms with Crippen molar-refractivity contribution in [3.63, 3.8) is 0 Å². The van der Waals surface area contributed by atoms with Gasteiger partial charge in [-0.1, -0.05) is 6.92 Å². The second-order valence-electron chi connectivity index (χ2n) is 8.47. The van der Waals surface area contributed by atoms with Crippen molar-refractivity contribution >= 4 is 28.5 Å². The third kappa shape index (κ3) is 3.15. The minimum absolute atomic E-state index is 0.139. The highest BCUT2D eigenvalue weighted by atomic mass is 16.5.